The molecule has 0 radical (unpaired) electrons. The molecule has 2 rings (SSSR count). The maximum atomic E-state index is 13.3. The van der Waals surface area contributed by atoms with E-state index < -0.39 is 41.4 Å². The number of para-hydroxylation sites is 1. The van der Waals surface area contributed by atoms with Crippen molar-refractivity contribution in [2.75, 3.05) is 5.48 Å². The van der Waals surface area contributed by atoms with Crippen LogP contribution in [0.4, 0.5) is 32.0 Å². The summed E-state index contributed by atoms with van der Waals surface area (Å²) in [6, 6.07) is 4.91. The summed E-state index contributed by atoms with van der Waals surface area (Å²) >= 11 is 0. The Morgan fingerprint density at radius 1 is 0.900 bits per heavy atom. The predicted octanol–water partition coefficient (Wildman–Crippen LogP) is 4.19. The molecule has 1 aliphatic carbocycles. The Morgan fingerprint density at radius 2 is 1.50 bits per heavy atom. The van der Waals surface area contributed by atoms with Crippen LogP contribution in [0.15, 0.2) is 47.6 Å². The SMILES string of the molecule is FC1=C(F)C(F)C(ONc2ccccc2F)C(F)=C1F. The monoisotopic (exact) mass is 295 g/mol. The highest BCUT2D eigenvalue weighted by Gasteiger charge is 2.41. The molecule has 0 spiro atoms. The normalized spacial score (nSPS) is 23.3. The number of rotatable bonds is 3. The van der Waals surface area contributed by atoms with Crippen LogP contribution < -0.4 is 5.48 Å². The van der Waals surface area contributed by atoms with Gasteiger partial charge in [0, 0.05) is 0 Å². The quantitative estimate of drug-likeness (QED) is 0.667. The summed E-state index contributed by atoms with van der Waals surface area (Å²) in [5.74, 6) is -9.33. The molecule has 8 heteroatoms. The molecular weight excluding hydrogens is 288 g/mol. The first kappa shape index (κ1) is 14.4. The van der Waals surface area contributed by atoms with Gasteiger partial charge in [-0.15, -0.1) is 0 Å². The summed E-state index contributed by atoms with van der Waals surface area (Å²) in [7, 11) is 0. The van der Waals surface area contributed by atoms with Gasteiger partial charge in [0.15, 0.2) is 35.6 Å². The highest BCUT2D eigenvalue weighted by Crippen LogP contribution is 2.37. The van der Waals surface area contributed by atoms with E-state index in [0.717, 1.165) is 12.1 Å². The van der Waals surface area contributed by atoms with Crippen LogP contribution >= 0.6 is 0 Å². The molecule has 0 heterocycles. The standard InChI is InChI=1S/C12H7F6NO/c13-5-3-1-2-4-6(5)19-20-12-10(17)8(15)7(14)9(16)11(12)18/h1-4,10,12,19H. The molecule has 0 aliphatic heterocycles. The van der Waals surface area contributed by atoms with E-state index in [0.29, 0.717) is 0 Å². The molecule has 1 aromatic rings. The van der Waals surface area contributed by atoms with E-state index in [1.54, 1.807) is 0 Å². The van der Waals surface area contributed by atoms with E-state index in [-0.39, 0.29) is 5.69 Å². The molecule has 0 fully saturated rings. The smallest absolute Gasteiger partial charge is 0.196 e. The Bertz CT molecular complexity index is 585. The van der Waals surface area contributed by atoms with Crippen LogP contribution in [0.3, 0.4) is 0 Å². The van der Waals surface area contributed by atoms with E-state index in [2.05, 4.69) is 4.84 Å². The van der Waals surface area contributed by atoms with E-state index in [1.807, 2.05) is 5.48 Å². The van der Waals surface area contributed by atoms with Gasteiger partial charge in [-0.2, -0.15) is 0 Å². The van der Waals surface area contributed by atoms with E-state index in [4.69, 9.17) is 0 Å². The fourth-order valence-corrected chi connectivity index (χ4v) is 1.50. The fourth-order valence-electron chi connectivity index (χ4n) is 1.50. The van der Waals surface area contributed by atoms with Crippen molar-refractivity contribution in [2.45, 2.75) is 12.3 Å². The first-order chi connectivity index (χ1) is 9.43. The molecule has 2 atom stereocenters. The number of allylic oxidation sites excluding steroid dienone is 2. The largest absolute Gasteiger partial charge is 0.263 e. The second kappa shape index (κ2) is 5.58. The molecule has 0 amide bonds. The summed E-state index contributed by atoms with van der Waals surface area (Å²) in [6.07, 6.45) is -5.28. The topological polar surface area (TPSA) is 21.3 Å². The maximum absolute atomic E-state index is 13.3. The van der Waals surface area contributed by atoms with Gasteiger partial charge in [0.25, 0.3) is 0 Å². The van der Waals surface area contributed by atoms with Crippen molar-refractivity contribution in [2.24, 2.45) is 0 Å². The number of hydrogen-bond acceptors (Lipinski definition) is 2. The molecule has 0 bridgehead atoms. The van der Waals surface area contributed by atoms with Crippen LogP contribution in [0, 0.1) is 5.82 Å². The summed E-state index contributed by atoms with van der Waals surface area (Å²) in [5, 5.41) is 0. The van der Waals surface area contributed by atoms with E-state index in [1.165, 1.54) is 12.1 Å². The minimum absolute atomic E-state index is 0.302. The van der Waals surface area contributed by atoms with Gasteiger partial charge in [-0.3, -0.25) is 10.3 Å². The molecule has 108 valence electrons. The molecule has 2 nitrogen and oxygen atoms in total. The van der Waals surface area contributed by atoms with Crippen LogP contribution in [-0.4, -0.2) is 12.3 Å². The van der Waals surface area contributed by atoms with Gasteiger partial charge in [-0.25, -0.2) is 26.3 Å². The van der Waals surface area contributed by atoms with Crippen molar-refractivity contribution in [3.8, 4) is 0 Å². The molecule has 2 unspecified atom stereocenters. The number of hydrogen-bond donors (Lipinski definition) is 1. The Labute approximate surface area is 109 Å². The molecular formula is C12H7F6NO. The van der Waals surface area contributed by atoms with Gasteiger partial charge in [0.2, 0.25) is 0 Å². The number of benzene rings is 1. The molecule has 1 N–H and O–H groups in total. The van der Waals surface area contributed by atoms with Crippen LogP contribution in [0.1, 0.15) is 0 Å². The van der Waals surface area contributed by atoms with Crippen LogP contribution in [0.5, 0.6) is 0 Å². The van der Waals surface area contributed by atoms with Crippen molar-refractivity contribution in [1.82, 2.24) is 0 Å². The van der Waals surface area contributed by atoms with E-state index >= 15 is 0 Å². The minimum atomic E-state index is -2.88. The number of alkyl halides is 1. The molecule has 20 heavy (non-hydrogen) atoms. The Morgan fingerprint density at radius 3 is 2.15 bits per heavy atom. The van der Waals surface area contributed by atoms with Gasteiger partial charge < -0.3 is 0 Å². The summed E-state index contributed by atoms with van der Waals surface area (Å²) in [6.45, 7) is 0. The third-order valence-corrected chi connectivity index (χ3v) is 2.54. The molecule has 1 aromatic carbocycles. The minimum Gasteiger partial charge on any atom is -0.263 e. The fraction of sp³-hybridized carbons (Fsp3) is 0.167. The van der Waals surface area contributed by atoms with Crippen LogP contribution in [0.25, 0.3) is 0 Å². The third kappa shape index (κ3) is 2.51. The van der Waals surface area contributed by atoms with E-state index in [9.17, 15) is 26.3 Å². The second-order valence-electron chi connectivity index (χ2n) is 3.85. The Balaban J connectivity index is 2.17. The van der Waals surface area contributed by atoms with Gasteiger partial charge >= 0.3 is 0 Å². The zero-order chi connectivity index (χ0) is 14.9. The summed E-state index contributed by atoms with van der Waals surface area (Å²) < 4.78 is 78.4. The number of halogens is 6. The zero-order valence-electron chi connectivity index (χ0n) is 9.64. The first-order valence-electron chi connectivity index (χ1n) is 5.34. The lowest BCUT2D eigenvalue weighted by Crippen LogP contribution is -2.33. The molecule has 0 aromatic heterocycles. The zero-order valence-corrected chi connectivity index (χ0v) is 9.64. The average molecular weight is 295 g/mol. The second-order valence-corrected chi connectivity index (χ2v) is 3.85. The predicted molar refractivity (Wildman–Crippen MR) is 58.3 cm³/mol. The van der Waals surface area contributed by atoms with Crippen molar-refractivity contribution >= 4 is 5.69 Å². The number of anilines is 1. The lowest BCUT2D eigenvalue weighted by molar-refractivity contribution is 0.0374. The molecule has 0 saturated carbocycles. The molecule has 1 aliphatic rings. The van der Waals surface area contributed by atoms with Crippen molar-refractivity contribution < 1.29 is 31.2 Å². The van der Waals surface area contributed by atoms with Gasteiger partial charge in [0.1, 0.15) is 5.82 Å². The lowest BCUT2D eigenvalue weighted by atomic mass is 10.1. The van der Waals surface area contributed by atoms with Crippen molar-refractivity contribution in [1.29, 1.82) is 0 Å². The Kier molecular flexibility index (Phi) is 4.03. The van der Waals surface area contributed by atoms with Crippen LogP contribution in [-0.2, 0) is 4.84 Å². The van der Waals surface area contributed by atoms with Gasteiger partial charge in [-0.1, -0.05) is 12.1 Å². The van der Waals surface area contributed by atoms with Crippen molar-refractivity contribution in [3.63, 3.8) is 0 Å². The van der Waals surface area contributed by atoms with Gasteiger partial charge in [-0.05, 0) is 12.1 Å². The first-order valence-corrected chi connectivity index (χ1v) is 5.34. The van der Waals surface area contributed by atoms with Crippen molar-refractivity contribution in [3.05, 3.63) is 53.4 Å². The Hall–Kier alpha value is -1.96. The third-order valence-electron chi connectivity index (χ3n) is 2.54. The number of nitrogens with one attached hydrogen (secondary N) is 1. The lowest BCUT2D eigenvalue weighted by Gasteiger charge is -2.23. The highest BCUT2D eigenvalue weighted by molar-refractivity contribution is 5.42. The summed E-state index contributed by atoms with van der Waals surface area (Å²) in [4.78, 5) is 4.38. The van der Waals surface area contributed by atoms with Gasteiger partial charge in [0.05, 0.1) is 5.69 Å². The average Bonchev–Trinajstić information content (AvgIpc) is 2.45. The summed E-state index contributed by atoms with van der Waals surface area (Å²) in [5.41, 5.74) is 1.53. The maximum Gasteiger partial charge on any atom is 0.196 e. The highest BCUT2D eigenvalue weighted by atomic mass is 19.2. The molecule has 0 saturated heterocycles. The van der Waals surface area contributed by atoms with Crippen LogP contribution in [0.2, 0.25) is 0 Å².